The molecule has 3 aromatic rings. The lowest BCUT2D eigenvalue weighted by Gasteiger charge is -2.25. The summed E-state index contributed by atoms with van der Waals surface area (Å²) in [5.41, 5.74) is 3.31. The van der Waals surface area contributed by atoms with Crippen LogP contribution in [0.1, 0.15) is 6.42 Å². The highest BCUT2D eigenvalue weighted by Crippen LogP contribution is 2.31. The minimum atomic E-state index is -0.496. The van der Waals surface area contributed by atoms with Crippen LogP contribution in [0.15, 0.2) is 36.7 Å². The van der Waals surface area contributed by atoms with Gasteiger partial charge in [0.15, 0.2) is 5.65 Å². The maximum Gasteiger partial charge on any atom is 0.252 e. The maximum atomic E-state index is 13.0. The predicted octanol–water partition coefficient (Wildman–Crippen LogP) is 2.49. The molecule has 10 heteroatoms. The number of halogens is 1. The third-order valence-corrected chi connectivity index (χ3v) is 5.97. The lowest BCUT2D eigenvalue weighted by atomic mass is 10.1. The molecule has 1 N–H and O–H groups in total. The average Bonchev–Trinajstić information content (AvgIpc) is 3.33. The van der Waals surface area contributed by atoms with E-state index in [-0.39, 0.29) is 11.9 Å². The second-order valence-electron chi connectivity index (χ2n) is 7.83. The maximum absolute atomic E-state index is 13.0. The largest absolute Gasteiger partial charge is 0.475 e. The Kier molecular flexibility index (Phi) is 5.86. The standard InChI is InChI=1S/C22H24ClN5O4/c1-30-6-7-31-19-11-17-13-32-20-2-4-28-21(26-20)18(12-25-28)14-8-15(23)10-16(9-14)24-3-5-27(17)22(19)29/h2,4,8-10,12,17,19,24H,3,5-7,11,13H2,1H3/t17-,19?/m0/s1. The molecule has 5 rings (SSSR count). The molecule has 1 unspecified atom stereocenters. The van der Waals surface area contributed by atoms with E-state index < -0.39 is 6.10 Å². The van der Waals surface area contributed by atoms with Gasteiger partial charge in [0.2, 0.25) is 5.88 Å². The van der Waals surface area contributed by atoms with Crippen LogP contribution in [0.25, 0.3) is 16.8 Å². The molecule has 4 heterocycles. The van der Waals surface area contributed by atoms with Gasteiger partial charge in [0.1, 0.15) is 12.7 Å². The van der Waals surface area contributed by atoms with Gasteiger partial charge in [0, 0.05) is 55.2 Å². The van der Waals surface area contributed by atoms with E-state index in [0.717, 1.165) is 16.8 Å². The molecule has 168 valence electrons. The molecule has 4 bridgehead atoms. The molecule has 0 radical (unpaired) electrons. The van der Waals surface area contributed by atoms with Gasteiger partial charge in [-0.3, -0.25) is 4.79 Å². The monoisotopic (exact) mass is 457 g/mol. The van der Waals surface area contributed by atoms with Crippen molar-refractivity contribution in [1.29, 1.82) is 0 Å². The van der Waals surface area contributed by atoms with Crippen molar-refractivity contribution < 1.29 is 19.0 Å². The van der Waals surface area contributed by atoms with Gasteiger partial charge >= 0.3 is 0 Å². The Labute approximate surface area is 190 Å². The molecule has 0 spiro atoms. The van der Waals surface area contributed by atoms with Gasteiger partial charge in [0.05, 0.1) is 25.5 Å². The van der Waals surface area contributed by atoms with E-state index in [4.69, 9.17) is 25.8 Å². The first-order valence-corrected chi connectivity index (χ1v) is 10.9. The van der Waals surface area contributed by atoms with Crippen LogP contribution in [-0.2, 0) is 14.3 Å². The second kappa shape index (κ2) is 8.93. The zero-order chi connectivity index (χ0) is 22.1. The number of ether oxygens (including phenoxy) is 3. The molecule has 2 atom stereocenters. The van der Waals surface area contributed by atoms with Crippen LogP contribution in [0.3, 0.4) is 0 Å². The Bertz CT molecular complexity index is 1140. The SMILES string of the molecule is COCCOC1C[C@H]2COc3ccn4ncc(c4n3)-c3cc(Cl)cc(c3)NCCN2C1=O. The van der Waals surface area contributed by atoms with Gasteiger partial charge in [-0.25, -0.2) is 4.52 Å². The van der Waals surface area contributed by atoms with Gasteiger partial charge in [-0.05, 0) is 23.8 Å². The number of amides is 1. The van der Waals surface area contributed by atoms with E-state index in [9.17, 15) is 4.79 Å². The quantitative estimate of drug-likeness (QED) is 0.602. The number of aromatic nitrogens is 3. The molecule has 1 aromatic carbocycles. The van der Waals surface area contributed by atoms with Crippen LogP contribution in [0.2, 0.25) is 5.02 Å². The number of methoxy groups -OCH3 is 1. The number of nitrogens with one attached hydrogen (secondary N) is 1. The zero-order valence-electron chi connectivity index (χ0n) is 17.7. The van der Waals surface area contributed by atoms with Crippen LogP contribution >= 0.6 is 11.6 Å². The summed E-state index contributed by atoms with van der Waals surface area (Å²) in [4.78, 5) is 19.5. The van der Waals surface area contributed by atoms with E-state index >= 15 is 0 Å². The molecule has 9 nitrogen and oxygen atoms in total. The van der Waals surface area contributed by atoms with E-state index in [1.54, 1.807) is 23.9 Å². The molecule has 2 aromatic heterocycles. The van der Waals surface area contributed by atoms with Gasteiger partial charge in [-0.1, -0.05) is 11.6 Å². The van der Waals surface area contributed by atoms with Crippen molar-refractivity contribution in [2.45, 2.75) is 18.6 Å². The van der Waals surface area contributed by atoms with Crippen LogP contribution in [0, 0.1) is 0 Å². The van der Waals surface area contributed by atoms with Crippen LogP contribution < -0.4 is 10.1 Å². The number of carbonyl (C=O) groups is 1. The summed E-state index contributed by atoms with van der Waals surface area (Å²) in [7, 11) is 1.61. The van der Waals surface area contributed by atoms with Crippen molar-refractivity contribution in [3.05, 3.63) is 41.7 Å². The first-order chi connectivity index (χ1) is 15.6. The smallest absolute Gasteiger partial charge is 0.252 e. The van der Waals surface area contributed by atoms with Crippen molar-refractivity contribution >= 4 is 28.8 Å². The summed E-state index contributed by atoms with van der Waals surface area (Å²) in [5.74, 6) is 0.449. The molecular formula is C22H24ClN5O4. The van der Waals surface area contributed by atoms with Gasteiger partial charge < -0.3 is 24.4 Å². The number of hydrogen-bond acceptors (Lipinski definition) is 7. The zero-order valence-corrected chi connectivity index (χ0v) is 18.4. The summed E-state index contributed by atoms with van der Waals surface area (Å²) in [6.07, 6.45) is 3.64. The number of fused-ring (bicyclic) bond motifs is 5. The third kappa shape index (κ3) is 4.11. The Morgan fingerprint density at radius 2 is 2.22 bits per heavy atom. The van der Waals surface area contributed by atoms with Crippen LogP contribution in [-0.4, -0.2) is 77.6 Å². The lowest BCUT2D eigenvalue weighted by molar-refractivity contribution is -0.138. The number of benzene rings is 1. The van der Waals surface area contributed by atoms with Crippen molar-refractivity contribution in [1.82, 2.24) is 19.5 Å². The molecule has 0 saturated carbocycles. The normalized spacial score (nSPS) is 20.7. The van der Waals surface area contributed by atoms with E-state index in [1.807, 2.05) is 29.3 Å². The Hall–Kier alpha value is -2.88. The number of carbonyl (C=O) groups excluding carboxylic acids is 1. The third-order valence-electron chi connectivity index (χ3n) is 5.75. The lowest BCUT2D eigenvalue weighted by Crippen LogP contribution is -2.41. The summed E-state index contributed by atoms with van der Waals surface area (Å²) in [6, 6.07) is 7.41. The fraction of sp³-hybridized carbons (Fsp3) is 0.409. The predicted molar refractivity (Wildman–Crippen MR) is 119 cm³/mol. The van der Waals surface area contributed by atoms with Crippen molar-refractivity contribution in [2.24, 2.45) is 0 Å². The van der Waals surface area contributed by atoms with E-state index in [1.165, 1.54) is 0 Å². The molecule has 1 amide bonds. The average molecular weight is 458 g/mol. The van der Waals surface area contributed by atoms with E-state index in [0.29, 0.717) is 55.9 Å². The summed E-state index contributed by atoms with van der Waals surface area (Å²) >= 11 is 6.39. The van der Waals surface area contributed by atoms with E-state index in [2.05, 4.69) is 15.4 Å². The summed E-state index contributed by atoms with van der Waals surface area (Å²) in [6.45, 7) is 2.24. The van der Waals surface area contributed by atoms with Crippen LogP contribution in [0.5, 0.6) is 5.88 Å². The van der Waals surface area contributed by atoms with Gasteiger partial charge in [-0.2, -0.15) is 10.1 Å². The molecular weight excluding hydrogens is 434 g/mol. The Morgan fingerprint density at radius 1 is 1.31 bits per heavy atom. The molecule has 1 saturated heterocycles. The fourth-order valence-electron chi connectivity index (χ4n) is 4.19. The second-order valence-corrected chi connectivity index (χ2v) is 8.27. The van der Waals surface area contributed by atoms with Crippen molar-refractivity contribution in [3.63, 3.8) is 0 Å². The molecule has 0 aliphatic carbocycles. The number of hydrogen-bond donors (Lipinski definition) is 1. The van der Waals surface area contributed by atoms with Gasteiger partial charge in [-0.15, -0.1) is 0 Å². The van der Waals surface area contributed by atoms with Crippen molar-refractivity contribution in [3.8, 4) is 17.0 Å². The minimum Gasteiger partial charge on any atom is -0.475 e. The van der Waals surface area contributed by atoms with Crippen molar-refractivity contribution in [2.75, 3.05) is 45.3 Å². The molecule has 2 aliphatic rings. The fourth-order valence-corrected chi connectivity index (χ4v) is 4.42. The first kappa shape index (κ1) is 21.0. The topological polar surface area (TPSA) is 90.2 Å². The molecule has 32 heavy (non-hydrogen) atoms. The van der Waals surface area contributed by atoms with Crippen LogP contribution in [0.4, 0.5) is 5.69 Å². The van der Waals surface area contributed by atoms with Gasteiger partial charge in [0.25, 0.3) is 5.91 Å². The molecule has 1 fully saturated rings. The Morgan fingerprint density at radius 3 is 3.09 bits per heavy atom. The summed E-state index contributed by atoms with van der Waals surface area (Å²) < 4.78 is 18.5. The minimum absolute atomic E-state index is 0.0307. The highest BCUT2D eigenvalue weighted by Gasteiger charge is 2.40. The highest BCUT2D eigenvalue weighted by atomic mass is 35.5. The summed E-state index contributed by atoms with van der Waals surface area (Å²) in [5, 5.41) is 8.38. The first-order valence-electron chi connectivity index (χ1n) is 10.6. The molecule has 2 aliphatic heterocycles. The highest BCUT2D eigenvalue weighted by molar-refractivity contribution is 6.31. The Balaban J connectivity index is 1.47. The number of rotatable bonds is 4. The number of nitrogens with zero attached hydrogens (tertiary/aromatic N) is 4. The number of anilines is 1.